The van der Waals surface area contributed by atoms with Crippen LogP contribution in [0.25, 0.3) is 0 Å². The average molecular weight is 338 g/mol. The molecule has 0 fully saturated rings. The molecule has 0 N–H and O–H groups in total. The van der Waals surface area contributed by atoms with Crippen molar-refractivity contribution in [1.29, 1.82) is 0 Å². The second kappa shape index (κ2) is 5.92. The van der Waals surface area contributed by atoms with Gasteiger partial charge in [-0.05, 0) is 36.8 Å². The molecule has 0 heterocycles. The molecule has 2 aromatic carbocycles. The molecule has 2 aromatic rings. The third kappa shape index (κ3) is 3.08. The first-order valence-electron chi connectivity index (χ1n) is 5.77. The molecule has 5 nitrogen and oxygen atoms in total. The molecule has 20 heavy (non-hydrogen) atoms. The van der Waals surface area contributed by atoms with Gasteiger partial charge < -0.3 is 9.47 Å². The van der Waals surface area contributed by atoms with Crippen molar-refractivity contribution in [3.8, 4) is 17.2 Å². The average Bonchev–Trinajstić information content (AvgIpc) is 2.42. The summed E-state index contributed by atoms with van der Waals surface area (Å²) in [6.07, 6.45) is 0. The molecule has 0 unspecified atom stereocenters. The van der Waals surface area contributed by atoms with Crippen LogP contribution in [0.3, 0.4) is 0 Å². The zero-order chi connectivity index (χ0) is 14.7. The molecule has 0 atom stereocenters. The minimum Gasteiger partial charge on any atom is -0.493 e. The first-order chi connectivity index (χ1) is 9.51. The fourth-order valence-corrected chi connectivity index (χ4v) is 2.05. The number of ether oxygens (including phenoxy) is 2. The lowest BCUT2D eigenvalue weighted by Crippen LogP contribution is -1.95. The van der Waals surface area contributed by atoms with Crippen molar-refractivity contribution < 1.29 is 14.4 Å². The summed E-state index contributed by atoms with van der Waals surface area (Å²) < 4.78 is 11.5. The van der Waals surface area contributed by atoms with E-state index < -0.39 is 4.92 Å². The lowest BCUT2D eigenvalue weighted by molar-refractivity contribution is -0.385. The van der Waals surface area contributed by atoms with E-state index in [-0.39, 0.29) is 11.4 Å². The van der Waals surface area contributed by atoms with Crippen LogP contribution in [0.2, 0.25) is 0 Å². The SMILES string of the molecule is COc1cc(C)ccc1Oc1ccc(Br)cc1[N+](=O)[O-]. The molecule has 0 saturated heterocycles. The Balaban J connectivity index is 2.42. The topological polar surface area (TPSA) is 61.6 Å². The number of hydrogen-bond acceptors (Lipinski definition) is 4. The van der Waals surface area contributed by atoms with E-state index in [1.54, 1.807) is 24.3 Å². The van der Waals surface area contributed by atoms with E-state index >= 15 is 0 Å². The van der Waals surface area contributed by atoms with Crippen LogP contribution in [0.4, 0.5) is 5.69 Å². The maximum atomic E-state index is 11.0. The summed E-state index contributed by atoms with van der Waals surface area (Å²) in [5.41, 5.74) is 0.904. The van der Waals surface area contributed by atoms with E-state index in [1.165, 1.54) is 13.2 Å². The minimum atomic E-state index is -0.485. The number of nitro benzene ring substituents is 1. The predicted octanol–water partition coefficient (Wildman–Crippen LogP) is 4.47. The van der Waals surface area contributed by atoms with Gasteiger partial charge in [0, 0.05) is 10.5 Å². The van der Waals surface area contributed by atoms with Gasteiger partial charge in [-0.2, -0.15) is 0 Å². The van der Waals surface area contributed by atoms with Crippen molar-refractivity contribution in [3.05, 3.63) is 56.5 Å². The third-order valence-electron chi connectivity index (χ3n) is 2.66. The summed E-state index contributed by atoms with van der Waals surface area (Å²) in [6, 6.07) is 10.0. The highest BCUT2D eigenvalue weighted by atomic mass is 79.9. The molecule has 6 heteroatoms. The Kier molecular flexibility index (Phi) is 4.24. The van der Waals surface area contributed by atoms with E-state index in [9.17, 15) is 10.1 Å². The second-order valence-corrected chi connectivity index (χ2v) is 5.04. The van der Waals surface area contributed by atoms with Gasteiger partial charge in [0.15, 0.2) is 11.5 Å². The summed E-state index contributed by atoms with van der Waals surface area (Å²) >= 11 is 3.20. The molecule has 0 aliphatic heterocycles. The molecule has 0 bridgehead atoms. The molecule has 0 amide bonds. The van der Waals surface area contributed by atoms with Gasteiger partial charge in [0.1, 0.15) is 0 Å². The van der Waals surface area contributed by atoms with E-state index in [1.807, 2.05) is 13.0 Å². The Bertz CT molecular complexity index is 658. The summed E-state index contributed by atoms with van der Waals surface area (Å²) in [5.74, 6) is 1.13. The quantitative estimate of drug-likeness (QED) is 0.610. The maximum Gasteiger partial charge on any atom is 0.312 e. The van der Waals surface area contributed by atoms with Crippen LogP contribution in [-0.2, 0) is 0 Å². The molecule has 104 valence electrons. The van der Waals surface area contributed by atoms with Gasteiger partial charge in [-0.3, -0.25) is 10.1 Å². The van der Waals surface area contributed by atoms with Gasteiger partial charge in [-0.15, -0.1) is 0 Å². The number of halogens is 1. The third-order valence-corrected chi connectivity index (χ3v) is 3.15. The zero-order valence-corrected chi connectivity index (χ0v) is 12.5. The normalized spacial score (nSPS) is 10.2. The van der Waals surface area contributed by atoms with E-state index in [0.717, 1.165) is 5.56 Å². The number of benzene rings is 2. The molecule has 0 saturated carbocycles. The van der Waals surface area contributed by atoms with Gasteiger partial charge in [0.2, 0.25) is 5.75 Å². The molecular weight excluding hydrogens is 326 g/mol. The van der Waals surface area contributed by atoms with E-state index in [2.05, 4.69) is 15.9 Å². The molecular formula is C14H12BrNO4. The highest BCUT2D eigenvalue weighted by molar-refractivity contribution is 9.10. The number of aryl methyl sites for hydroxylation is 1. The number of methoxy groups -OCH3 is 1. The van der Waals surface area contributed by atoms with Crippen LogP contribution in [0.1, 0.15) is 5.56 Å². The first kappa shape index (κ1) is 14.3. The second-order valence-electron chi connectivity index (χ2n) is 4.13. The van der Waals surface area contributed by atoms with Crippen LogP contribution in [0, 0.1) is 17.0 Å². The minimum absolute atomic E-state index is 0.109. The van der Waals surface area contributed by atoms with Crippen molar-refractivity contribution in [2.75, 3.05) is 7.11 Å². The van der Waals surface area contributed by atoms with E-state index in [4.69, 9.17) is 9.47 Å². The van der Waals surface area contributed by atoms with Gasteiger partial charge in [-0.1, -0.05) is 22.0 Å². The largest absolute Gasteiger partial charge is 0.493 e. The Morgan fingerprint density at radius 2 is 1.80 bits per heavy atom. The standard InChI is InChI=1S/C14H12BrNO4/c1-9-3-5-13(14(7-9)19-2)20-12-6-4-10(15)8-11(12)16(17)18/h3-8H,1-2H3. The molecule has 0 aromatic heterocycles. The number of rotatable bonds is 4. The molecule has 0 radical (unpaired) electrons. The Morgan fingerprint density at radius 3 is 2.45 bits per heavy atom. The van der Waals surface area contributed by atoms with Crippen LogP contribution in [0.15, 0.2) is 40.9 Å². The highest BCUT2D eigenvalue weighted by Gasteiger charge is 2.17. The number of nitro groups is 1. The molecule has 0 aliphatic rings. The van der Waals surface area contributed by atoms with Crippen molar-refractivity contribution >= 4 is 21.6 Å². The lowest BCUT2D eigenvalue weighted by Gasteiger charge is -2.11. The summed E-state index contributed by atoms with van der Waals surface area (Å²) in [7, 11) is 1.53. The van der Waals surface area contributed by atoms with Crippen LogP contribution in [-0.4, -0.2) is 12.0 Å². The van der Waals surface area contributed by atoms with Crippen molar-refractivity contribution in [1.82, 2.24) is 0 Å². The van der Waals surface area contributed by atoms with Crippen molar-refractivity contribution in [2.45, 2.75) is 6.92 Å². The van der Waals surface area contributed by atoms with Crippen molar-refractivity contribution in [3.63, 3.8) is 0 Å². The monoisotopic (exact) mass is 337 g/mol. The summed E-state index contributed by atoms with van der Waals surface area (Å²) in [5, 5.41) is 11.0. The van der Waals surface area contributed by atoms with Gasteiger partial charge >= 0.3 is 5.69 Å². The summed E-state index contributed by atoms with van der Waals surface area (Å²) in [6.45, 7) is 1.92. The highest BCUT2D eigenvalue weighted by Crippen LogP contribution is 2.37. The van der Waals surface area contributed by atoms with Crippen LogP contribution >= 0.6 is 15.9 Å². The molecule has 2 rings (SSSR count). The van der Waals surface area contributed by atoms with Crippen LogP contribution in [0.5, 0.6) is 17.2 Å². The molecule has 0 spiro atoms. The van der Waals surface area contributed by atoms with Gasteiger partial charge in [-0.25, -0.2) is 0 Å². The van der Waals surface area contributed by atoms with E-state index in [0.29, 0.717) is 16.0 Å². The Hall–Kier alpha value is -2.08. The molecule has 0 aliphatic carbocycles. The fourth-order valence-electron chi connectivity index (χ4n) is 1.70. The number of hydrogen-bond donors (Lipinski definition) is 0. The number of nitrogens with zero attached hydrogens (tertiary/aromatic N) is 1. The van der Waals surface area contributed by atoms with Gasteiger partial charge in [0.25, 0.3) is 0 Å². The smallest absolute Gasteiger partial charge is 0.312 e. The Morgan fingerprint density at radius 1 is 1.10 bits per heavy atom. The van der Waals surface area contributed by atoms with Gasteiger partial charge in [0.05, 0.1) is 12.0 Å². The van der Waals surface area contributed by atoms with Crippen molar-refractivity contribution in [2.24, 2.45) is 0 Å². The first-order valence-corrected chi connectivity index (χ1v) is 6.57. The fraction of sp³-hybridized carbons (Fsp3) is 0.143. The lowest BCUT2D eigenvalue weighted by atomic mass is 10.2. The Labute approximate surface area is 124 Å². The zero-order valence-electron chi connectivity index (χ0n) is 10.9. The van der Waals surface area contributed by atoms with Crippen LogP contribution < -0.4 is 9.47 Å². The predicted molar refractivity (Wildman–Crippen MR) is 78.6 cm³/mol. The summed E-state index contributed by atoms with van der Waals surface area (Å²) in [4.78, 5) is 10.6. The maximum absolute atomic E-state index is 11.0.